The lowest BCUT2D eigenvalue weighted by molar-refractivity contribution is 0.0277. The van der Waals surface area contributed by atoms with Crippen molar-refractivity contribution in [2.45, 2.75) is 39.8 Å². The van der Waals surface area contributed by atoms with Gasteiger partial charge in [0, 0.05) is 29.6 Å². The van der Waals surface area contributed by atoms with Crippen LogP contribution in [0.2, 0.25) is 5.02 Å². The van der Waals surface area contributed by atoms with Crippen molar-refractivity contribution in [3.05, 3.63) is 33.3 Å². The van der Waals surface area contributed by atoms with Gasteiger partial charge < -0.3 is 15.0 Å². The smallest absolute Gasteiger partial charge is 0.410 e. The Bertz CT molecular complexity index is 532. The molecular formula is C17H26BrClN2O2. The van der Waals surface area contributed by atoms with Crippen LogP contribution in [0.15, 0.2) is 22.7 Å². The van der Waals surface area contributed by atoms with E-state index in [-0.39, 0.29) is 6.09 Å². The normalized spacial score (nSPS) is 12.8. The number of carbonyl (C=O) groups is 1. The summed E-state index contributed by atoms with van der Waals surface area (Å²) in [5.41, 5.74) is 0.591. The molecule has 0 aliphatic heterocycles. The molecule has 0 radical (unpaired) electrons. The van der Waals surface area contributed by atoms with Crippen LogP contribution in [0.25, 0.3) is 0 Å². The molecule has 1 atom stereocenters. The number of nitrogens with one attached hydrogen (secondary N) is 1. The van der Waals surface area contributed by atoms with Gasteiger partial charge in [-0.3, -0.25) is 0 Å². The zero-order chi connectivity index (χ0) is 17.6. The van der Waals surface area contributed by atoms with Crippen LogP contribution in [0.1, 0.15) is 33.3 Å². The van der Waals surface area contributed by atoms with Gasteiger partial charge >= 0.3 is 6.09 Å². The average molecular weight is 406 g/mol. The van der Waals surface area contributed by atoms with Crippen LogP contribution in [0.5, 0.6) is 0 Å². The SMILES string of the molecule is CC(CNCc1ccc(Br)cc1Cl)CN(C)C(=O)OC(C)(C)C. The van der Waals surface area contributed by atoms with Gasteiger partial charge in [-0.05, 0) is 50.9 Å². The van der Waals surface area contributed by atoms with Gasteiger partial charge in [0.2, 0.25) is 0 Å². The number of halogens is 2. The fraction of sp³-hybridized carbons (Fsp3) is 0.588. The van der Waals surface area contributed by atoms with Crippen molar-refractivity contribution in [1.82, 2.24) is 10.2 Å². The summed E-state index contributed by atoms with van der Waals surface area (Å²) >= 11 is 9.59. The second kappa shape index (κ2) is 8.90. The molecule has 0 fully saturated rings. The first-order chi connectivity index (χ1) is 10.6. The number of amides is 1. The summed E-state index contributed by atoms with van der Waals surface area (Å²) in [6.45, 7) is 9.82. The van der Waals surface area contributed by atoms with Gasteiger partial charge in [-0.25, -0.2) is 4.79 Å². The van der Waals surface area contributed by atoms with E-state index in [1.807, 2.05) is 39.0 Å². The molecule has 0 spiro atoms. The molecule has 1 rings (SSSR count). The summed E-state index contributed by atoms with van der Waals surface area (Å²) in [6, 6.07) is 5.86. The van der Waals surface area contributed by atoms with E-state index >= 15 is 0 Å². The zero-order valence-corrected chi connectivity index (χ0v) is 16.8. The average Bonchev–Trinajstić information content (AvgIpc) is 2.39. The molecule has 1 N–H and O–H groups in total. The highest BCUT2D eigenvalue weighted by atomic mass is 79.9. The van der Waals surface area contributed by atoms with Crippen molar-refractivity contribution < 1.29 is 9.53 Å². The molecule has 1 unspecified atom stereocenters. The predicted octanol–water partition coefficient (Wildman–Crippen LogP) is 4.70. The molecule has 0 heterocycles. The number of carbonyl (C=O) groups excluding carboxylic acids is 1. The van der Waals surface area contributed by atoms with Crippen LogP contribution < -0.4 is 5.32 Å². The summed E-state index contributed by atoms with van der Waals surface area (Å²) in [5, 5.41) is 4.12. The largest absolute Gasteiger partial charge is 0.444 e. The Kier molecular flexibility index (Phi) is 7.84. The summed E-state index contributed by atoms with van der Waals surface area (Å²) in [6.07, 6.45) is -0.291. The second-order valence-electron chi connectivity index (χ2n) is 6.83. The van der Waals surface area contributed by atoms with Crippen LogP contribution in [-0.4, -0.2) is 36.7 Å². The molecule has 0 bridgehead atoms. The number of hydrogen-bond donors (Lipinski definition) is 1. The van der Waals surface area contributed by atoms with E-state index in [0.29, 0.717) is 19.0 Å². The van der Waals surface area contributed by atoms with Gasteiger partial charge in [0.05, 0.1) is 0 Å². The maximum atomic E-state index is 11.9. The molecule has 0 saturated carbocycles. The van der Waals surface area contributed by atoms with Crippen LogP contribution in [-0.2, 0) is 11.3 Å². The van der Waals surface area contributed by atoms with Crippen molar-refractivity contribution in [1.29, 1.82) is 0 Å². The maximum Gasteiger partial charge on any atom is 0.410 e. The second-order valence-corrected chi connectivity index (χ2v) is 8.16. The highest BCUT2D eigenvalue weighted by Gasteiger charge is 2.20. The van der Waals surface area contributed by atoms with Gasteiger partial charge in [0.25, 0.3) is 0 Å². The molecular weight excluding hydrogens is 380 g/mol. The number of ether oxygens (including phenoxy) is 1. The molecule has 1 amide bonds. The predicted molar refractivity (Wildman–Crippen MR) is 98.9 cm³/mol. The third kappa shape index (κ3) is 8.04. The van der Waals surface area contributed by atoms with Crippen LogP contribution >= 0.6 is 27.5 Å². The van der Waals surface area contributed by atoms with Gasteiger partial charge in [0.1, 0.15) is 5.60 Å². The maximum absolute atomic E-state index is 11.9. The molecule has 23 heavy (non-hydrogen) atoms. The van der Waals surface area contributed by atoms with Crippen molar-refractivity contribution >= 4 is 33.6 Å². The monoisotopic (exact) mass is 404 g/mol. The molecule has 4 nitrogen and oxygen atoms in total. The van der Waals surface area contributed by atoms with Gasteiger partial charge in [-0.2, -0.15) is 0 Å². The molecule has 6 heteroatoms. The Morgan fingerprint density at radius 3 is 2.65 bits per heavy atom. The first-order valence-electron chi connectivity index (χ1n) is 7.67. The van der Waals surface area contributed by atoms with E-state index in [1.165, 1.54) is 0 Å². The standard InChI is InChI=1S/C17H26BrClN2O2/c1-12(11-21(5)16(22)23-17(2,3)4)9-20-10-13-6-7-14(18)8-15(13)19/h6-8,12,20H,9-11H2,1-5H3. The third-order valence-corrected chi connectivity index (χ3v) is 3.96. The van der Waals surface area contributed by atoms with Crippen molar-refractivity contribution in [3.8, 4) is 0 Å². The molecule has 0 aliphatic carbocycles. The van der Waals surface area contributed by atoms with Gasteiger partial charge in [0.15, 0.2) is 0 Å². The molecule has 0 saturated heterocycles. The van der Waals surface area contributed by atoms with Crippen molar-refractivity contribution in [3.63, 3.8) is 0 Å². The number of rotatable bonds is 6. The molecule has 1 aromatic carbocycles. The quantitative estimate of drug-likeness (QED) is 0.746. The minimum Gasteiger partial charge on any atom is -0.444 e. The number of nitrogens with zero attached hydrogens (tertiary/aromatic N) is 1. The fourth-order valence-corrected chi connectivity index (χ4v) is 2.80. The van der Waals surface area contributed by atoms with Crippen molar-refractivity contribution in [2.75, 3.05) is 20.1 Å². The van der Waals surface area contributed by atoms with E-state index in [9.17, 15) is 4.79 Å². The van der Waals surface area contributed by atoms with E-state index in [4.69, 9.17) is 16.3 Å². The van der Waals surface area contributed by atoms with Crippen LogP contribution in [0.3, 0.4) is 0 Å². The minimum absolute atomic E-state index is 0.291. The first kappa shape index (κ1) is 20.3. The fourth-order valence-electron chi connectivity index (χ4n) is 2.06. The molecule has 0 aliphatic rings. The minimum atomic E-state index is -0.467. The van der Waals surface area contributed by atoms with E-state index in [0.717, 1.165) is 21.6 Å². The summed E-state index contributed by atoms with van der Waals surface area (Å²) in [5.74, 6) is 0.307. The Hall–Kier alpha value is -0.780. The van der Waals surface area contributed by atoms with Crippen LogP contribution in [0.4, 0.5) is 4.79 Å². The lowest BCUT2D eigenvalue weighted by Gasteiger charge is -2.26. The topological polar surface area (TPSA) is 41.6 Å². The lowest BCUT2D eigenvalue weighted by atomic mass is 10.1. The highest BCUT2D eigenvalue weighted by molar-refractivity contribution is 9.10. The molecule has 0 aromatic heterocycles. The van der Waals surface area contributed by atoms with Crippen LogP contribution in [0, 0.1) is 5.92 Å². The highest BCUT2D eigenvalue weighted by Crippen LogP contribution is 2.21. The molecule has 130 valence electrons. The van der Waals surface area contributed by atoms with Gasteiger partial charge in [-0.1, -0.05) is 40.5 Å². The van der Waals surface area contributed by atoms with E-state index in [1.54, 1.807) is 11.9 Å². The summed E-state index contributed by atoms with van der Waals surface area (Å²) in [7, 11) is 1.76. The number of benzene rings is 1. The van der Waals surface area contributed by atoms with Crippen molar-refractivity contribution in [2.24, 2.45) is 5.92 Å². The lowest BCUT2D eigenvalue weighted by Crippen LogP contribution is -2.38. The van der Waals surface area contributed by atoms with E-state index in [2.05, 4.69) is 28.2 Å². The molecule has 1 aromatic rings. The Morgan fingerprint density at radius 2 is 2.09 bits per heavy atom. The Balaban J connectivity index is 2.36. The summed E-state index contributed by atoms with van der Waals surface area (Å²) in [4.78, 5) is 13.5. The Morgan fingerprint density at radius 1 is 1.43 bits per heavy atom. The summed E-state index contributed by atoms with van der Waals surface area (Å²) < 4.78 is 6.32. The Labute approximate surface area is 152 Å². The zero-order valence-electron chi connectivity index (χ0n) is 14.5. The van der Waals surface area contributed by atoms with Gasteiger partial charge in [-0.15, -0.1) is 0 Å². The number of hydrogen-bond acceptors (Lipinski definition) is 3. The van der Waals surface area contributed by atoms with E-state index < -0.39 is 5.60 Å². The third-order valence-electron chi connectivity index (χ3n) is 3.11. The first-order valence-corrected chi connectivity index (χ1v) is 8.84.